The lowest BCUT2D eigenvalue weighted by molar-refractivity contribution is -0.130. The normalized spacial score (nSPS) is 19.3. The first-order valence-electron chi connectivity index (χ1n) is 9.46. The van der Waals surface area contributed by atoms with Gasteiger partial charge in [-0.3, -0.25) is 9.79 Å². The van der Waals surface area contributed by atoms with E-state index in [1.54, 1.807) is 4.90 Å². The molecule has 0 bridgehead atoms. The van der Waals surface area contributed by atoms with Crippen molar-refractivity contribution in [3.63, 3.8) is 0 Å². The van der Waals surface area contributed by atoms with Crippen LogP contribution in [0.2, 0.25) is 0 Å². The number of rotatable bonds is 8. The number of hydrogen-bond acceptors (Lipinski definition) is 3. The highest BCUT2D eigenvalue weighted by molar-refractivity contribution is 14.0. The third-order valence-electron chi connectivity index (χ3n) is 4.54. The highest BCUT2D eigenvalue weighted by atomic mass is 127. The van der Waals surface area contributed by atoms with Crippen LogP contribution in [-0.4, -0.2) is 55.7 Å². The molecule has 2 N–H and O–H groups in total. The van der Waals surface area contributed by atoms with Gasteiger partial charge in [0.2, 0.25) is 5.91 Å². The molecule has 1 saturated heterocycles. The van der Waals surface area contributed by atoms with E-state index in [0.717, 1.165) is 37.5 Å². The molecule has 1 aliphatic heterocycles. The number of carbonyl (C=O) groups excluding carboxylic acids is 1. The van der Waals surface area contributed by atoms with E-state index in [-0.39, 0.29) is 35.5 Å². The van der Waals surface area contributed by atoms with E-state index in [4.69, 9.17) is 4.74 Å². The summed E-state index contributed by atoms with van der Waals surface area (Å²) in [5.41, 5.74) is 0.977. The molecule has 2 rings (SSSR count). The van der Waals surface area contributed by atoms with Crippen molar-refractivity contribution < 1.29 is 9.53 Å². The third kappa shape index (κ3) is 8.47. The number of hydrogen-bond donors (Lipinski definition) is 2. The molecular weight excluding hydrogens is 455 g/mol. The van der Waals surface area contributed by atoms with Crippen molar-refractivity contribution in [3.8, 4) is 0 Å². The van der Waals surface area contributed by atoms with Gasteiger partial charge < -0.3 is 20.3 Å². The molecule has 27 heavy (non-hydrogen) atoms. The molecule has 1 atom stereocenters. The first-order valence-corrected chi connectivity index (χ1v) is 9.46. The minimum atomic E-state index is -0.159. The van der Waals surface area contributed by atoms with E-state index in [9.17, 15) is 4.79 Å². The fourth-order valence-electron chi connectivity index (χ4n) is 2.97. The second-order valence-electron chi connectivity index (χ2n) is 7.01. The smallest absolute Gasteiger partial charge is 0.224 e. The van der Waals surface area contributed by atoms with Gasteiger partial charge in [0.1, 0.15) is 0 Å². The summed E-state index contributed by atoms with van der Waals surface area (Å²) in [7, 11) is 1.84. The Balaban J connectivity index is 0.00000364. The van der Waals surface area contributed by atoms with Crippen molar-refractivity contribution >= 4 is 35.8 Å². The lowest BCUT2D eigenvalue weighted by atomic mass is 10.0. The molecule has 1 unspecified atom stereocenters. The molecule has 7 heteroatoms. The summed E-state index contributed by atoms with van der Waals surface area (Å²) >= 11 is 0. The van der Waals surface area contributed by atoms with Crippen LogP contribution in [0.5, 0.6) is 0 Å². The van der Waals surface area contributed by atoms with Crippen LogP contribution < -0.4 is 10.6 Å². The fourth-order valence-corrected chi connectivity index (χ4v) is 2.97. The number of nitrogens with one attached hydrogen (secondary N) is 2. The zero-order chi connectivity index (χ0) is 18.8. The van der Waals surface area contributed by atoms with Crippen LogP contribution in [0.15, 0.2) is 35.3 Å². The number of aliphatic imine (C=N–C) groups is 1. The van der Waals surface area contributed by atoms with Crippen LogP contribution in [0.25, 0.3) is 0 Å². The molecule has 1 heterocycles. The number of guanidine groups is 1. The Bertz CT molecular complexity index is 589. The second-order valence-corrected chi connectivity index (χ2v) is 7.01. The molecule has 152 valence electrons. The van der Waals surface area contributed by atoms with Crippen molar-refractivity contribution in [1.82, 2.24) is 15.5 Å². The molecule has 0 spiro atoms. The van der Waals surface area contributed by atoms with Crippen molar-refractivity contribution in [2.45, 2.75) is 45.3 Å². The molecule has 1 amide bonds. The van der Waals surface area contributed by atoms with Gasteiger partial charge in [-0.25, -0.2) is 0 Å². The van der Waals surface area contributed by atoms with Gasteiger partial charge in [0.05, 0.1) is 12.1 Å². The minimum Gasteiger partial charge on any atom is -0.373 e. The topological polar surface area (TPSA) is 66.0 Å². The van der Waals surface area contributed by atoms with Crippen molar-refractivity contribution in [3.05, 3.63) is 35.9 Å². The summed E-state index contributed by atoms with van der Waals surface area (Å²) in [6.07, 6.45) is 2.57. The Morgan fingerprint density at radius 1 is 1.30 bits per heavy atom. The lowest BCUT2D eigenvalue weighted by Crippen LogP contribution is -2.41. The monoisotopic (exact) mass is 488 g/mol. The molecule has 1 aromatic carbocycles. The Morgan fingerprint density at radius 2 is 2.04 bits per heavy atom. The van der Waals surface area contributed by atoms with Crippen molar-refractivity contribution in [1.29, 1.82) is 0 Å². The van der Waals surface area contributed by atoms with Gasteiger partial charge in [0.25, 0.3) is 0 Å². The summed E-state index contributed by atoms with van der Waals surface area (Å²) in [6, 6.07) is 10.0. The fraction of sp³-hybridized carbons (Fsp3) is 0.600. The highest BCUT2D eigenvalue weighted by Crippen LogP contribution is 2.24. The molecule has 1 fully saturated rings. The van der Waals surface area contributed by atoms with E-state index in [0.29, 0.717) is 26.1 Å². The van der Waals surface area contributed by atoms with Crippen LogP contribution >= 0.6 is 24.0 Å². The Labute approximate surface area is 180 Å². The van der Waals surface area contributed by atoms with Crippen LogP contribution in [0.3, 0.4) is 0 Å². The number of nitrogens with zero attached hydrogens (tertiary/aromatic N) is 2. The first kappa shape index (κ1) is 23.7. The highest BCUT2D eigenvalue weighted by Gasteiger charge is 2.29. The molecule has 1 aromatic rings. The van der Waals surface area contributed by atoms with Gasteiger partial charge in [-0.2, -0.15) is 0 Å². The zero-order valence-corrected chi connectivity index (χ0v) is 19.0. The van der Waals surface area contributed by atoms with Gasteiger partial charge in [-0.05, 0) is 32.3 Å². The third-order valence-corrected chi connectivity index (χ3v) is 4.54. The number of halogens is 1. The summed E-state index contributed by atoms with van der Waals surface area (Å²) < 4.78 is 5.78. The molecule has 0 saturated carbocycles. The largest absolute Gasteiger partial charge is 0.373 e. The average Bonchev–Trinajstić information content (AvgIpc) is 3.07. The van der Waals surface area contributed by atoms with E-state index in [2.05, 4.69) is 22.5 Å². The maximum Gasteiger partial charge on any atom is 0.224 e. The van der Waals surface area contributed by atoms with Gasteiger partial charge in [-0.1, -0.05) is 30.3 Å². The average molecular weight is 488 g/mol. The molecule has 0 radical (unpaired) electrons. The Kier molecular flexibility index (Phi) is 10.7. The molecule has 6 nitrogen and oxygen atoms in total. The summed E-state index contributed by atoms with van der Waals surface area (Å²) in [4.78, 5) is 18.7. The summed E-state index contributed by atoms with van der Waals surface area (Å²) in [6.45, 7) is 7.55. The SMILES string of the molecule is CCNC(=NCC1(C)CCCO1)NCCC(=O)N(C)Cc1ccccc1.I. The van der Waals surface area contributed by atoms with Gasteiger partial charge >= 0.3 is 0 Å². The number of ether oxygens (including phenoxy) is 1. The number of amides is 1. The van der Waals surface area contributed by atoms with Crippen molar-refractivity contribution in [2.24, 2.45) is 4.99 Å². The zero-order valence-electron chi connectivity index (χ0n) is 16.7. The van der Waals surface area contributed by atoms with Crippen LogP contribution in [0.1, 0.15) is 38.7 Å². The predicted molar refractivity (Wildman–Crippen MR) is 121 cm³/mol. The standard InChI is InChI=1S/C20H32N4O2.HI/c1-4-21-19(23-16-20(2)12-8-14-26-20)22-13-11-18(25)24(3)15-17-9-6-5-7-10-17;/h5-7,9-10H,4,8,11-16H2,1-3H3,(H2,21,22,23);1H. The van der Waals surface area contributed by atoms with E-state index in [1.807, 2.05) is 44.3 Å². The first-order chi connectivity index (χ1) is 12.5. The molecule has 0 aliphatic carbocycles. The van der Waals surface area contributed by atoms with Gasteiger partial charge in [0, 0.05) is 39.7 Å². The van der Waals surface area contributed by atoms with Crippen LogP contribution in [0.4, 0.5) is 0 Å². The molecule has 0 aromatic heterocycles. The van der Waals surface area contributed by atoms with E-state index >= 15 is 0 Å². The van der Waals surface area contributed by atoms with Crippen LogP contribution in [-0.2, 0) is 16.1 Å². The summed E-state index contributed by atoms with van der Waals surface area (Å²) in [5, 5.41) is 6.47. The molecule has 1 aliphatic rings. The predicted octanol–water partition coefficient (Wildman–Crippen LogP) is 2.78. The Morgan fingerprint density at radius 3 is 2.67 bits per heavy atom. The van der Waals surface area contributed by atoms with Gasteiger partial charge in [-0.15, -0.1) is 24.0 Å². The Hall–Kier alpha value is -1.35. The van der Waals surface area contributed by atoms with Crippen molar-refractivity contribution in [2.75, 3.05) is 33.3 Å². The van der Waals surface area contributed by atoms with Crippen LogP contribution in [0, 0.1) is 0 Å². The maximum atomic E-state index is 12.3. The molecular formula is C20H33IN4O2. The summed E-state index contributed by atoms with van der Waals surface area (Å²) in [5.74, 6) is 0.853. The van der Waals surface area contributed by atoms with E-state index in [1.165, 1.54) is 0 Å². The number of benzene rings is 1. The minimum absolute atomic E-state index is 0. The quantitative estimate of drug-likeness (QED) is 0.336. The van der Waals surface area contributed by atoms with Gasteiger partial charge in [0.15, 0.2) is 5.96 Å². The second kappa shape index (κ2) is 12.2. The number of carbonyl (C=O) groups is 1. The maximum absolute atomic E-state index is 12.3. The lowest BCUT2D eigenvalue weighted by Gasteiger charge is -2.22. The van der Waals surface area contributed by atoms with E-state index < -0.39 is 0 Å².